The molecule has 0 radical (unpaired) electrons. The van der Waals surface area contributed by atoms with E-state index >= 15 is 0 Å². The van der Waals surface area contributed by atoms with Crippen molar-refractivity contribution in [1.82, 2.24) is 0 Å². The summed E-state index contributed by atoms with van der Waals surface area (Å²) in [5.41, 5.74) is 2.75. The van der Waals surface area contributed by atoms with Crippen LogP contribution in [0.2, 0.25) is 0 Å². The van der Waals surface area contributed by atoms with Crippen LogP contribution in [-0.4, -0.2) is 34.1 Å². The zero-order chi connectivity index (χ0) is 17.3. The van der Waals surface area contributed by atoms with E-state index < -0.39 is 0 Å². The molecule has 136 valence electrons. The molecule has 4 aliphatic carbocycles. The quantitative estimate of drug-likeness (QED) is 0.645. The summed E-state index contributed by atoms with van der Waals surface area (Å²) in [6.07, 6.45) is 6.56. The molecule has 0 saturated heterocycles. The molecular weight excluding hydrogens is 300 g/mol. The fourth-order valence-corrected chi connectivity index (χ4v) is 7.62. The van der Waals surface area contributed by atoms with Crippen molar-refractivity contribution in [3.63, 3.8) is 0 Å². The van der Waals surface area contributed by atoms with Crippen molar-refractivity contribution in [3.05, 3.63) is 11.1 Å². The fourth-order valence-electron chi connectivity index (χ4n) is 7.62. The molecule has 0 aromatic heterocycles. The van der Waals surface area contributed by atoms with Crippen molar-refractivity contribution < 1.29 is 15.3 Å². The highest BCUT2D eigenvalue weighted by molar-refractivity contribution is 5.32. The predicted octanol–water partition coefficient (Wildman–Crippen LogP) is 3.28. The van der Waals surface area contributed by atoms with Crippen molar-refractivity contribution in [2.75, 3.05) is 6.61 Å². The number of fused-ring (bicyclic) bond motifs is 5. The van der Waals surface area contributed by atoms with E-state index in [-0.39, 0.29) is 29.6 Å². The van der Waals surface area contributed by atoms with E-state index in [0.29, 0.717) is 23.7 Å². The molecule has 4 rings (SSSR count). The second-order valence-corrected chi connectivity index (χ2v) is 9.67. The lowest BCUT2D eigenvalue weighted by Crippen LogP contribution is -2.57. The van der Waals surface area contributed by atoms with Gasteiger partial charge < -0.3 is 15.3 Å². The van der Waals surface area contributed by atoms with Crippen molar-refractivity contribution in [2.45, 2.75) is 77.9 Å². The van der Waals surface area contributed by atoms with Gasteiger partial charge in [-0.15, -0.1) is 0 Å². The van der Waals surface area contributed by atoms with Crippen LogP contribution in [0.5, 0.6) is 0 Å². The van der Waals surface area contributed by atoms with Crippen LogP contribution in [0.1, 0.15) is 65.7 Å². The van der Waals surface area contributed by atoms with E-state index in [4.69, 9.17) is 0 Å². The Balaban J connectivity index is 1.79. The van der Waals surface area contributed by atoms with Gasteiger partial charge in [-0.05, 0) is 81.0 Å². The molecule has 0 unspecified atom stereocenters. The fraction of sp³-hybridized carbons (Fsp3) is 0.905. The summed E-state index contributed by atoms with van der Waals surface area (Å²) in [6.45, 7) is 7.00. The van der Waals surface area contributed by atoms with Gasteiger partial charge in [0.25, 0.3) is 0 Å². The molecule has 0 aliphatic heterocycles. The third kappa shape index (κ3) is 2.01. The lowest BCUT2D eigenvalue weighted by Gasteiger charge is -2.61. The summed E-state index contributed by atoms with van der Waals surface area (Å²) < 4.78 is 0. The van der Waals surface area contributed by atoms with Gasteiger partial charge in [0.2, 0.25) is 0 Å². The molecule has 3 fully saturated rings. The van der Waals surface area contributed by atoms with Gasteiger partial charge in [-0.2, -0.15) is 0 Å². The summed E-state index contributed by atoms with van der Waals surface area (Å²) in [5, 5.41) is 31.5. The smallest absolute Gasteiger partial charge is 0.0596 e. The van der Waals surface area contributed by atoms with E-state index in [9.17, 15) is 15.3 Å². The van der Waals surface area contributed by atoms with Crippen LogP contribution in [-0.2, 0) is 0 Å². The van der Waals surface area contributed by atoms with Crippen LogP contribution in [0.25, 0.3) is 0 Å². The molecular formula is C21H34O3. The minimum absolute atomic E-state index is 0.0764. The third-order valence-electron chi connectivity index (χ3n) is 8.87. The molecule has 8 atom stereocenters. The Bertz CT molecular complexity index is 555. The van der Waals surface area contributed by atoms with E-state index in [1.165, 1.54) is 11.1 Å². The summed E-state index contributed by atoms with van der Waals surface area (Å²) in [7, 11) is 0. The molecule has 3 saturated carbocycles. The van der Waals surface area contributed by atoms with Crippen LogP contribution in [0.4, 0.5) is 0 Å². The Hall–Kier alpha value is -0.380. The maximum absolute atomic E-state index is 10.6. The Morgan fingerprint density at radius 3 is 2.54 bits per heavy atom. The van der Waals surface area contributed by atoms with Crippen molar-refractivity contribution in [2.24, 2.45) is 34.5 Å². The standard InChI is InChI=1S/C21H34O3/c1-12-8-15-16-4-5-19(24)20(16,3)7-6-17(15)21(11-22)13(2)9-14(23)10-18(12)21/h13-17,19,22-24H,4-11H2,1-3H3/t13-,14-,15-,16-,17-,19-,20-,21+/m0/s1. The molecule has 0 aromatic rings. The number of hydrogen-bond acceptors (Lipinski definition) is 3. The first-order chi connectivity index (χ1) is 11.3. The SMILES string of the molecule is CC1=C2C[C@@H](O)C[C@H](C)[C@]2(CO)[C@H]2CC[C@]3(C)[C@@H](O)CC[C@H]3[C@@H]2C1. The summed E-state index contributed by atoms with van der Waals surface area (Å²) in [5.74, 6) is 2.03. The maximum atomic E-state index is 10.6. The van der Waals surface area contributed by atoms with Gasteiger partial charge in [-0.25, -0.2) is 0 Å². The Morgan fingerprint density at radius 1 is 1.08 bits per heavy atom. The largest absolute Gasteiger partial charge is 0.395 e. The Kier molecular flexibility index (Phi) is 3.95. The third-order valence-corrected chi connectivity index (χ3v) is 8.87. The molecule has 0 aromatic carbocycles. The van der Waals surface area contributed by atoms with Gasteiger partial charge in [-0.3, -0.25) is 0 Å². The number of aliphatic hydroxyl groups excluding tert-OH is 3. The predicted molar refractivity (Wildman–Crippen MR) is 94.3 cm³/mol. The van der Waals surface area contributed by atoms with E-state index in [2.05, 4.69) is 20.8 Å². The number of rotatable bonds is 1. The molecule has 0 heterocycles. The molecule has 0 amide bonds. The summed E-state index contributed by atoms with van der Waals surface area (Å²) in [4.78, 5) is 0. The first-order valence-corrected chi connectivity index (χ1v) is 10.0. The van der Waals surface area contributed by atoms with Crippen molar-refractivity contribution in [3.8, 4) is 0 Å². The van der Waals surface area contributed by atoms with Crippen molar-refractivity contribution in [1.29, 1.82) is 0 Å². The van der Waals surface area contributed by atoms with Crippen LogP contribution in [0.3, 0.4) is 0 Å². The topological polar surface area (TPSA) is 60.7 Å². The van der Waals surface area contributed by atoms with Crippen LogP contribution >= 0.6 is 0 Å². The second-order valence-electron chi connectivity index (χ2n) is 9.67. The number of aliphatic hydroxyl groups is 3. The highest BCUT2D eigenvalue weighted by Gasteiger charge is 2.61. The second kappa shape index (κ2) is 5.56. The highest BCUT2D eigenvalue weighted by Crippen LogP contribution is 2.66. The Morgan fingerprint density at radius 2 is 1.83 bits per heavy atom. The van der Waals surface area contributed by atoms with Crippen LogP contribution < -0.4 is 0 Å². The van der Waals surface area contributed by atoms with Gasteiger partial charge >= 0.3 is 0 Å². The molecule has 24 heavy (non-hydrogen) atoms. The van der Waals surface area contributed by atoms with Gasteiger partial charge in [-0.1, -0.05) is 25.0 Å². The molecule has 3 nitrogen and oxygen atoms in total. The lowest BCUT2D eigenvalue weighted by atomic mass is 9.44. The van der Waals surface area contributed by atoms with E-state index in [1.807, 2.05) is 0 Å². The molecule has 0 bridgehead atoms. The first-order valence-electron chi connectivity index (χ1n) is 10.0. The lowest BCUT2D eigenvalue weighted by molar-refractivity contribution is -0.109. The van der Waals surface area contributed by atoms with Gasteiger partial charge in [0.15, 0.2) is 0 Å². The molecule has 3 heteroatoms. The highest BCUT2D eigenvalue weighted by atomic mass is 16.3. The van der Waals surface area contributed by atoms with Crippen LogP contribution in [0.15, 0.2) is 11.1 Å². The zero-order valence-electron chi connectivity index (χ0n) is 15.5. The molecule has 3 N–H and O–H groups in total. The van der Waals surface area contributed by atoms with Crippen LogP contribution in [0, 0.1) is 34.5 Å². The molecule has 4 aliphatic rings. The number of hydrogen-bond donors (Lipinski definition) is 3. The van der Waals surface area contributed by atoms with Gasteiger partial charge in [0, 0.05) is 5.41 Å². The first kappa shape index (κ1) is 17.1. The minimum atomic E-state index is -0.247. The number of allylic oxidation sites excluding steroid dienone is 1. The zero-order valence-corrected chi connectivity index (χ0v) is 15.5. The van der Waals surface area contributed by atoms with E-state index in [1.54, 1.807) is 0 Å². The summed E-state index contributed by atoms with van der Waals surface area (Å²) >= 11 is 0. The monoisotopic (exact) mass is 334 g/mol. The molecule has 0 spiro atoms. The normalized spacial score (nSPS) is 54.2. The average Bonchev–Trinajstić information content (AvgIpc) is 2.84. The Labute approximate surface area is 146 Å². The van der Waals surface area contributed by atoms with Gasteiger partial charge in [0.1, 0.15) is 0 Å². The van der Waals surface area contributed by atoms with E-state index in [0.717, 1.165) is 44.9 Å². The van der Waals surface area contributed by atoms with Gasteiger partial charge in [0.05, 0.1) is 18.8 Å². The maximum Gasteiger partial charge on any atom is 0.0596 e. The average molecular weight is 335 g/mol. The summed E-state index contributed by atoms with van der Waals surface area (Å²) in [6, 6.07) is 0. The van der Waals surface area contributed by atoms with Crippen molar-refractivity contribution >= 4 is 0 Å². The minimum Gasteiger partial charge on any atom is -0.395 e.